The summed E-state index contributed by atoms with van der Waals surface area (Å²) in [6.45, 7) is 1.74. The standard InChI is InChI=1S/C15H12F3N5O2/c1-8-7-11(23(2)22-8)12(24)19-14-21-20-13(25-14)9-3-5-10(6-4-9)15(16,17)18/h3-7H,1-2H3,(H,19,21,24). The van der Waals surface area contributed by atoms with E-state index in [1.165, 1.54) is 16.8 Å². The quantitative estimate of drug-likeness (QED) is 0.784. The Hall–Kier alpha value is -3.17. The molecule has 10 heteroatoms. The molecule has 130 valence electrons. The molecule has 7 nitrogen and oxygen atoms in total. The Morgan fingerprint density at radius 2 is 1.88 bits per heavy atom. The number of carbonyl (C=O) groups excluding carboxylic acids is 1. The highest BCUT2D eigenvalue weighted by Crippen LogP contribution is 2.30. The summed E-state index contributed by atoms with van der Waals surface area (Å²) >= 11 is 0. The van der Waals surface area contributed by atoms with Crippen LogP contribution >= 0.6 is 0 Å². The van der Waals surface area contributed by atoms with Crippen molar-refractivity contribution < 1.29 is 22.4 Å². The van der Waals surface area contributed by atoms with E-state index in [9.17, 15) is 18.0 Å². The van der Waals surface area contributed by atoms with Gasteiger partial charge in [-0.3, -0.25) is 14.8 Å². The number of alkyl halides is 3. The van der Waals surface area contributed by atoms with Crippen molar-refractivity contribution in [1.29, 1.82) is 0 Å². The summed E-state index contributed by atoms with van der Waals surface area (Å²) in [5.41, 5.74) is 0.489. The van der Waals surface area contributed by atoms with Gasteiger partial charge in [-0.05, 0) is 37.3 Å². The minimum absolute atomic E-state index is 0.00906. The Balaban J connectivity index is 1.76. The number of anilines is 1. The van der Waals surface area contributed by atoms with Gasteiger partial charge in [0, 0.05) is 12.6 Å². The monoisotopic (exact) mass is 351 g/mol. The van der Waals surface area contributed by atoms with Crippen LogP contribution in [0.3, 0.4) is 0 Å². The lowest BCUT2D eigenvalue weighted by Gasteiger charge is -2.05. The van der Waals surface area contributed by atoms with Crippen molar-refractivity contribution in [3.05, 3.63) is 47.3 Å². The molecule has 0 saturated carbocycles. The summed E-state index contributed by atoms with van der Waals surface area (Å²) in [5, 5.41) is 13.9. The van der Waals surface area contributed by atoms with Crippen molar-refractivity contribution in [3.8, 4) is 11.5 Å². The van der Waals surface area contributed by atoms with Crippen molar-refractivity contribution in [2.45, 2.75) is 13.1 Å². The highest BCUT2D eigenvalue weighted by atomic mass is 19.4. The van der Waals surface area contributed by atoms with Crippen molar-refractivity contribution in [2.24, 2.45) is 7.05 Å². The maximum Gasteiger partial charge on any atom is 0.416 e. The predicted octanol–water partition coefficient (Wildman–Crippen LogP) is 3.05. The number of aromatic nitrogens is 4. The fourth-order valence-electron chi connectivity index (χ4n) is 2.18. The summed E-state index contributed by atoms with van der Waals surface area (Å²) in [4.78, 5) is 12.1. The van der Waals surface area contributed by atoms with E-state index in [0.29, 0.717) is 17.0 Å². The van der Waals surface area contributed by atoms with Gasteiger partial charge in [0.15, 0.2) is 0 Å². The number of hydrogen-bond donors (Lipinski definition) is 1. The van der Waals surface area contributed by atoms with E-state index in [1.807, 2.05) is 0 Å². The number of nitrogens with zero attached hydrogens (tertiary/aromatic N) is 4. The molecular formula is C15H12F3N5O2. The molecule has 0 bridgehead atoms. The van der Waals surface area contributed by atoms with Crippen LogP contribution in [0.25, 0.3) is 11.5 Å². The lowest BCUT2D eigenvalue weighted by atomic mass is 10.1. The van der Waals surface area contributed by atoms with Gasteiger partial charge in [-0.2, -0.15) is 18.3 Å². The molecule has 3 rings (SSSR count). The molecule has 0 aliphatic carbocycles. The molecule has 3 aromatic rings. The van der Waals surface area contributed by atoms with Crippen LogP contribution in [0.4, 0.5) is 19.2 Å². The van der Waals surface area contributed by atoms with Crippen molar-refractivity contribution >= 4 is 11.9 Å². The molecule has 0 aliphatic rings. The Morgan fingerprint density at radius 1 is 1.20 bits per heavy atom. The van der Waals surface area contributed by atoms with Crippen molar-refractivity contribution in [1.82, 2.24) is 20.0 Å². The molecule has 2 aromatic heterocycles. The second-order valence-electron chi connectivity index (χ2n) is 5.24. The largest absolute Gasteiger partial charge is 0.416 e. The van der Waals surface area contributed by atoms with E-state index in [1.54, 1.807) is 20.0 Å². The van der Waals surface area contributed by atoms with Crippen LogP contribution in [-0.4, -0.2) is 25.9 Å². The van der Waals surface area contributed by atoms with Gasteiger partial charge in [-0.25, -0.2) is 0 Å². The zero-order chi connectivity index (χ0) is 18.2. The topological polar surface area (TPSA) is 85.8 Å². The maximum atomic E-state index is 12.6. The van der Waals surface area contributed by atoms with Crippen LogP contribution in [0.1, 0.15) is 21.7 Å². The number of rotatable bonds is 3. The van der Waals surface area contributed by atoms with Gasteiger partial charge in [-0.1, -0.05) is 5.10 Å². The number of benzene rings is 1. The van der Waals surface area contributed by atoms with Gasteiger partial charge in [0.1, 0.15) is 5.69 Å². The average Bonchev–Trinajstić information content (AvgIpc) is 3.13. The number of nitrogens with one attached hydrogen (secondary N) is 1. The lowest BCUT2D eigenvalue weighted by Crippen LogP contribution is -2.16. The fourth-order valence-corrected chi connectivity index (χ4v) is 2.18. The van der Waals surface area contributed by atoms with E-state index >= 15 is 0 Å². The lowest BCUT2D eigenvalue weighted by molar-refractivity contribution is -0.137. The normalized spacial score (nSPS) is 11.6. The summed E-state index contributed by atoms with van der Waals surface area (Å²) in [6.07, 6.45) is -4.42. The van der Waals surface area contributed by atoms with E-state index in [2.05, 4.69) is 20.6 Å². The van der Waals surface area contributed by atoms with Gasteiger partial charge in [0.25, 0.3) is 5.91 Å². The van der Waals surface area contributed by atoms with Crippen LogP contribution in [-0.2, 0) is 13.2 Å². The van der Waals surface area contributed by atoms with Crippen molar-refractivity contribution in [3.63, 3.8) is 0 Å². The van der Waals surface area contributed by atoms with Crippen LogP contribution in [0, 0.1) is 6.92 Å². The van der Waals surface area contributed by atoms with Crippen molar-refractivity contribution in [2.75, 3.05) is 5.32 Å². The highest BCUT2D eigenvalue weighted by molar-refractivity contribution is 6.01. The number of amides is 1. The number of aryl methyl sites for hydroxylation is 2. The Kier molecular flexibility index (Phi) is 4.03. The molecule has 1 N–H and O–H groups in total. The summed E-state index contributed by atoms with van der Waals surface area (Å²) in [5.74, 6) is -0.504. The van der Waals surface area contributed by atoms with Crippen LogP contribution in [0.2, 0.25) is 0 Å². The molecule has 25 heavy (non-hydrogen) atoms. The molecule has 0 atom stereocenters. The van der Waals surface area contributed by atoms with Gasteiger partial charge < -0.3 is 4.42 Å². The third kappa shape index (κ3) is 3.52. The minimum atomic E-state index is -4.42. The maximum absolute atomic E-state index is 12.6. The highest BCUT2D eigenvalue weighted by Gasteiger charge is 2.30. The van der Waals surface area contributed by atoms with Gasteiger partial charge in [-0.15, -0.1) is 5.10 Å². The fraction of sp³-hybridized carbons (Fsp3) is 0.200. The van der Waals surface area contributed by atoms with Crippen LogP contribution in [0.15, 0.2) is 34.7 Å². The van der Waals surface area contributed by atoms with Gasteiger partial charge in [0.2, 0.25) is 5.89 Å². The second kappa shape index (κ2) is 6.04. The number of carbonyl (C=O) groups is 1. The zero-order valence-electron chi connectivity index (χ0n) is 13.1. The predicted molar refractivity (Wildman–Crippen MR) is 80.6 cm³/mol. The molecule has 0 aliphatic heterocycles. The van der Waals surface area contributed by atoms with E-state index in [0.717, 1.165) is 12.1 Å². The third-order valence-electron chi connectivity index (χ3n) is 3.34. The van der Waals surface area contributed by atoms with Gasteiger partial charge >= 0.3 is 12.2 Å². The second-order valence-corrected chi connectivity index (χ2v) is 5.24. The Bertz CT molecular complexity index is 912. The third-order valence-corrected chi connectivity index (χ3v) is 3.34. The Morgan fingerprint density at radius 3 is 2.44 bits per heavy atom. The first-order valence-corrected chi connectivity index (χ1v) is 7.07. The summed E-state index contributed by atoms with van der Waals surface area (Å²) in [6, 6.07) is 5.67. The summed E-state index contributed by atoms with van der Waals surface area (Å²) in [7, 11) is 1.61. The molecule has 0 unspecified atom stereocenters. The first kappa shape index (κ1) is 16.7. The first-order chi connectivity index (χ1) is 11.7. The van der Waals surface area contributed by atoms with Gasteiger partial charge in [0.05, 0.1) is 11.3 Å². The smallest absolute Gasteiger partial charge is 0.403 e. The first-order valence-electron chi connectivity index (χ1n) is 7.07. The van der Waals surface area contributed by atoms with E-state index in [-0.39, 0.29) is 11.9 Å². The zero-order valence-corrected chi connectivity index (χ0v) is 13.1. The molecule has 1 aromatic carbocycles. The molecule has 0 spiro atoms. The molecule has 1 amide bonds. The minimum Gasteiger partial charge on any atom is -0.403 e. The summed E-state index contributed by atoms with van der Waals surface area (Å²) < 4.78 is 44.3. The molecular weight excluding hydrogens is 339 g/mol. The van der Waals surface area contributed by atoms with Crippen LogP contribution < -0.4 is 5.32 Å². The van der Waals surface area contributed by atoms with E-state index in [4.69, 9.17) is 4.42 Å². The van der Waals surface area contributed by atoms with Crippen LogP contribution in [0.5, 0.6) is 0 Å². The van der Waals surface area contributed by atoms with E-state index < -0.39 is 17.6 Å². The SMILES string of the molecule is Cc1cc(C(=O)Nc2nnc(-c3ccc(C(F)(F)F)cc3)o2)n(C)n1. The average molecular weight is 351 g/mol. The number of halogens is 3. The number of hydrogen-bond acceptors (Lipinski definition) is 5. The molecule has 2 heterocycles. The molecule has 0 saturated heterocycles. The molecule has 0 fully saturated rings. The molecule has 0 radical (unpaired) electrons. The Labute approximate surface area is 139 Å².